The Labute approximate surface area is 119 Å². The molecule has 1 aromatic rings. The second-order valence-electron chi connectivity index (χ2n) is 4.54. The molecule has 0 radical (unpaired) electrons. The summed E-state index contributed by atoms with van der Waals surface area (Å²) in [5.74, 6) is -0.196. The number of rotatable bonds is 7. The van der Waals surface area contributed by atoms with Gasteiger partial charge in [-0.05, 0) is 31.0 Å². The number of benzene rings is 1. The SMILES string of the molecule is CN(C)S(=O)(=O)c1cccc(NC(=O)CCCCO)c1. The Balaban J connectivity index is 2.77. The monoisotopic (exact) mass is 300 g/mol. The molecule has 0 bridgehead atoms. The Morgan fingerprint density at radius 3 is 2.60 bits per heavy atom. The average Bonchev–Trinajstić information content (AvgIpc) is 2.39. The molecular formula is C13H20N2O4S. The second kappa shape index (κ2) is 7.37. The minimum atomic E-state index is -3.51. The fourth-order valence-corrected chi connectivity index (χ4v) is 2.51. The molecule has 1 amide bonds. The van der Waals surface area contributed by atoms with Gasteiger partial charge in [0.05, 0.1) is 4.90 Å². The van der Waals surface area contributed by atoms with Crippen molar-refractivity contribution in [2.45, 2.75) is 24.2 Å². The highest BCUT2D eigenvalue weighted by Gasteiger charge is 2.17. The van der Waals surface area contributed by atoms with E-state index in [1.165, 1.54) is 26.2 Å². The van der Waals surface area contributed by atoms with E-state index >= 15 is 0 Å². The van der Waals surface area contributed by atoms with Crippen LogP contribution >= 0.6 is 0 Å². The highest BCUT2D eigenvalue weighted by molar-refractivity contribution is 7.89. The summed E-state index contributed by atoms with van der Waals surface area (Å²) in [7, 11) is -0.599. The van der Waals surface area contributed by atoms with Crippen molar-refractivity contribution in [2.75, 3.05) is 26.0 Å². The van der Waals surface area contributed by atoms with Gasteiger partial charge in [0, 0.05) is 32.8 Å². The highest BCUT2D eigenvalue weighted by Crippen LogP contribution is 2.18. The van der Waals surface area contributed by atoms with Gasteiger partial charge in [-0.2, -0.15) is 0 Å². The lowest BCUT2D eigenvalue weighted by Crippen LogP contribution is -2.22. The van der Waals surface area contributed by atoms with Crippen LogP contribution in [0.2, 0.25) is 0 Å². The minimum absolute atomic E-state index is 0.0594. The van der Waals surface area contributed by atoms with Gasteiger partial charge in [-0.25, -0.2) is 12.7 Å². The summed E-state index contributed by atoms with van der Waals surface area (Å²) in [4.78, 5) is 11.8. The van der Waals surface area contributed by atoms with Gasteiger partial charge in [0.25, 0.3) is 0 Å². The number of carbonyl (C=O) groups is 1. The second-order valence-corrected chi connectivity index (χ2v) is 6.70. The highest BCUT2D eigenvalue weighted by atomic mass is 32.2. The van der Waals surface area contributed by atoms with E-state index in [2.05, 4.69) is 5.32 Å². The van der Waals surface area contributed by atoms with Crippen molar-refractivity contribution >= 4 is 21.6 Å². The summed E-state index contributed by atoms with van der Waals surface area (Å²) in [5, 5.41) is 11.3. The average molecular weight is 300 g/mol. The summed E-state index contributed by atoms with van der Waals surface area (Å²) in [6.45, 7) is 0.0594. The molecule has 0 unspecified atom stereocenters. The first-order chi connectivity index (χ1) is 9.37. The lowest BCUT2D eigenvalue weighted by atomic mass is 10.2. The van der Waals surface area contributed by atoms with E-state index in [4.69, 9.17) is 5.11 Å². The van der Waals surface area contributed by atoms with Crippen LogP contribution in [0.3, 0.4) is 0 Å². The van der Waals surface area contributed by atoms with Crippen molar-refractivity contribution in [1.82, 2.24) is 4.31 Å². The number of unbranched alkanes of at least 4 members (excludes halogenated alkanes) is 1. The summed E-state index contributed by atoms with van der Waals surface area (Å²) >= 11 is 0. The van der Waals surface area contributed by atoms with Gasteiger partial charge >= 0.3 is 0 Å². The Hall–Kier alpha value is -1.44. The summed E-state index contributed by atoms with van der Waals surface area (Å²) < 4.78 is 25.1. The molecule has 1 aromatic carbocycles. The number of carbonyl (C=O) groups excluding carboxylic acids is 1. The van der Waals surface area contributed by atoms with E-state index in [0.29, 0.717) is 24.9 Å². The summed E-state index contributed by atoms with van der Waals surface area (Å²) in [6.07, 6.45) is 1.46. The van der Waals surface area contributed by atoms with Crippen molar-refractivity contribution in [1.29, 1.82) is 0 Å². The maximum absolute atomic E-state index is 12.0. The van der Waals surface area contributed by atoms with Gasteiger partial charge in [-0.1, -0.05) is 6.07 Å². The van der Waals surface area contributed by atoms with Crippen LogP contribution in [0.5, 0.6) is 0 Å². The molecule has 0 saturated carbocycles. The Morgan fingerprint density at radius 2 is 2.00 bits per heavy atom. The van der Waals surface area contributed by atoms with Crippen molar-refractivity contribution in [3.05, 3.63) is 24.3 Å². The molecule has 0 aliphatic rings. The lowest BCUT2D eigenvalue weighted by molar-refractivity contribution is -0.116. The number of aliphatic hydroxyl groups excluding tert-OH is 1. The largest absolute Gasteiger partial charge is 0.396 e. The molecule has 0 heterocycles. The third kappa shape index (κ3) is 4.59. The molecule has 1 rings (SSSR count). The maximum Gasteiger partial charge on any atom is 0.242 e. The third-order valence-electron chi connectivity index (χ3n) is 2.71. The van der Waals surface area contributed by atoms with Crippen molar-refractivity contribution in [3.8, 4) is 0 Å². The number of nitrogens with one attached hydrogen (secondary N) is 1. The molecule has 0 saturated heterocycles. The van der Waals surface area contributed by atoms with Gasteiger partial charge in [0.15, 0.2) is 0 Å². The van der Waals surface area contributed by atoms with Crippen LogP contribution in [-0.2, 0) is 14.8 Å². The quantitative estimate of drug-likeness (QED) is 0.737. The molecule has 0 aliphatic heterocycles. The molecule has 2 N–H and O–H groups in total. The third-order valence-corrected chi connectivity index (χ3v) is 4.52. The minimum Gasteiger partial charge on any atom is -0.396 e. The fourth-order valence-electron chi connectivity index (χ4n) is 1.57. The number of amides is 1. The molecule has 7 heteroatoms. The zero-order chi connectivity index (χ0) is 15.2. The molecule has 20 heavy (non-hydrogen) atoms. The predicted molar refractivity (Wildman–Crippen MR) is 76.9 cm³/mol. The lowest BCUT2D eigenvalue weighted by Gasteiger charge is -2.12. The van der Waals surface area contributed by atoms with Gasteiger partial charge in [0.1, 0.15) is 0 Å². The van der Waals surface area contributed by atoms with Crippen LogP contribution in [0.4, 0.5) is 5.69 Å². The molecule has 0 aromatic heterocycles. The number of nitrogens with zero attached hydrogens (tertiary/aromatic N) is 1. The number of hydrogen-bond acceptors (Lipinski definition) is 4. The van der Waals surface area contributed by atoms with Crippen molar-refractivity contribution in [2.24, 2.45) is 0 Å². The first-order valence-corrected chi connectivity index (χ1v) is 7.75. The summed E-state index contributed by atoms with van der Waals surface area (Å²) in [5.41, 5.74) is 0.446. The van der Waals surface area contributed by atoms with Crippen LogP contribution < -0.4 is 5.32 Å². The van der Waals surface area contributed by atoms with E-state index in [9.17, 15) is 13.2 Å². The van der Waals surface area contributed by atoms with E-state index in [1.807, 2.05) is 0 Å². The fraction of sp³-hybridized carbons (Fsp3) is 0.462. The zero-order valence-electron chi connectivity index (χ0n) is 11.7. The predicted octanol–water partition coefficient (Wildman–Crippen LogP) is 1.04. The van der Waals surface area contributed by atoms with Gasteiger partial charge < -0.3 is 10.4 Å². The Bertz CT molecular complexity index is 555. The first-order valence-electron chi connectivity index (χ1n) is 6.31. The molecule has 112 valence electrons. The zero-order valence-corrected chi connectivity index (χ0v) is 12.5. The van der Waals surface area contributed by atoms with E-state index in [-0.39, 0.29) is 17.4 Å². The number of anilines is 1. The topological polar surface area (TPSA) is 86.7 Å². The number of sulfonamides is 1. The van der Waals surface area contributed by atoms with Crippen LogP contribution in [0.15, 0.2) is 29.2 Å². The standard InChI is InChI=1S/C13H20N2O4S/c1-15(2)20(18,19)12-7-5-6-11(10-12)14-13(17)8-3-4-9-16/h5-7,10,16H,3-4,8-9H2,1-2H3,(H,14,17). The van der Waals surface area contributed by atoms with Gasteiger partial charge in [-0.15, -0.1) is 0 Å². The molecular weight excluding hydrogens is 280 g/mol. The smallest absolute Gasteiger partial charge is 0.242 e. The van der Waals surface area contributed by atoms with E-state index < -0.39 is 10.0 Å². The molecule has 6 nitrogen and oxygen atoms in total. The maximum atomic E-state index is 12.0. The number of hydrogen-bond donors (Lipinski definition) is 2. The number of aliphatic hydroxyl groups is 1. The van der Waals surface area contributed by atoms with Crippen LogP contribution in [0, 0.1) is 0 Å². The molecule has 0 atom stereocenters. The van der Waals surface area contributed by atoms with Crippen LogP contribution in [-0.4, -0.2) is 44.4 Å². The van der Waals surface area contributed by atoms with E-state index in [0.717, 1.165) is 4.31 Å². The molecule has 0 aliphatic carbocycles. The van der Waals surface area contributed by atoms with Gasteiger partial charge in [-0.3, -0.25) is 4.79 Å². The van der Waals surface area contributed by atoms with E-state index in [1.54, 1.807) is 12.1 Å². The Morgan fingerprint density at radius 1 is 1.30 bits per heavy atom. The molecule has 0 fully saturated rings. The Kier molecular flexibility index (Phi) is 6.12. The first kappa shape index (κ1) is 16.6. The molecule has 0 spiro atoms. The van der Waals surface area contributed by atoms with Gasteiger partial charge in [0.2, 0.25) is 15.9 Å². The van der Waals surface area contributed by atoms with Crippen molar-refractivity contribution in [3.63, 3.8) is 0 Å². The normalized spacial score (nSPS) is 11.6. The van der Waals surface area contributed by atoms with Crippen LogP contribution in [0.1, 0.15) is 19.3 Å². The van der Waals surface area contributed by atoms with Crippen LogP contribution in [0.25, 0.3) is 0 Å². The van der Waals surface area contributed by atoms with Crippen molar-refractivity contribution < 1.29 is 18.3 Å². The summed E-state index contributed by atoms with van der Waals surface area (Å²) in [6, 6.07) is 6.13.